The van der Waals surface area contributed by atoms with Crippen LogP contribution in [-0.4, -0.2) is 47.1 Å². The number of nitrogens with one attached hydrogen (secondary N) is 3. The highest BCUT2D eigenvalue weighted by Crippen LogP contribution is 2.36. The van der Waals surface area contributed by atoms with Gasteiger partial charge in [0.25, 0.3) is 11.8 Å². The second kappa shape index (κ2) is 26.6. The van der Waals surface area contributed by atoms with Crippen LogP contribution in [0.1, 0.15) is 95.7 Å². The number of carbonyl (C=O) groups is 2. The molecule has 1 heterocycles. The molecule has 1 aliphatic carbocycles. The number of amides is 2. The highest BCUT2D eigenvalue weighted by atomic mass is 32.2. The second-order valence-electron chi connectivity index (χ2n) is 20.4. The number of aliphatic imine (C=N–C) groups is 1. The molecule has 0 bridgehead atoms. The van der Waals surface area contributed by atoms with Gasteiger partial charge in [0.1, 0.15) is 11.0 Å². The van der Waals surface area contributed by atoms with E-state index in [1.165, 1.54) is 20.9 Å². The quantitative estimate of drug-likeness (QED) is 0.0140. The summed E-state index contributed by atoms with van der Waals surface area (Å²) in [7, 11) is 0. The van der Waals surface area contributed by atoms with Crippen molar-refractivity contribution in [3.63, 3.8) is 0 Å². The first-order valence-electron chi connectivity index (χ1n) is 27.4. The van der Waals surface area contributed by atoms with Gasteiger partial charge in [0.15, 0.2) is 0 Å². The van der Waals surface area contributed by atoms with Crippen molar-refractivity contribution in [2.24, 2.45) is 4.99 Å². The summed E-state index contributed by atoms with van der Waals surface area (Å²) in [6.45, 7) is 13.9. The van der Waals surface area contributed by atoms with Crippen LogP contribution in [0.15, 0.2) is 190 Å². The topological polar surface area (TPSA) is 151 Å². The zero-order valence-electron chi connectivity index (χ0n) is 45.8. The summed E-state index contributed by atoms with van der Waals surface area (Å²) in [6.07, 6.45) is 12.6. The Balaban J connectivity index is 0.645. The van der Waals surface area contributed by atoms with Crippen LogP contribution in [0.4, 0.5) is 28.4 Å². The lowest BCUT2D eigenvalue weighted by atomic mass is 10.0. The normalized spacial score (nSPS) is 12.9. The molecule has 402 valence electrons. The van der Waals surface area contributed by atoms with E-state index in [-0.39, 0.29) is 11.8 Å². The van der Waals surface area contributed by atoms with Gasteiger partial charge in [-0.1, -0.05) is 92.9 Å². The number of thioether (sulfide) groups is 2. The highest BCUT2D eigenvalue weighted by molar-refractivity contribution is 8.03. The number of fused-ring (bicyclic) bond motifs is 2. The first kappa shape index (κ1) is 55.8. The Labute approximate surface area is 474 Å². The third kappa shape index (κ3) is 14.4. The number of unbranched alkanes of at least 4 members (excludes halogenated alkanes) is 6. The van der Waals surface area contributed by atoms with Crippen LogP contribution in [0.3, 0.4) is 0 Å². The van der Waals surface area contributed by atoms with Gasteiger partial charge in [0, 0.05) is 75.3 Å². The van der Waals surface area contributed by atoms with E-state index in [4.69, 9.17) is 21.4 Å². The zero-order valence-corrected chi connectivity index (χ0v) is 47.5. The number of nitrogens with two attached hydrogens (primary N) is 2. The van der Waals surface area contributed by atoms with E-state index >= 15 is 0 Å². The van der Waals surface area contributed by atoms with Gasteiger partial charge in [-0.05, 0) is 177 Å². The van der Waals surface area contributed by atoms with Gasteiger partial charge in [0.05, 0.1) is 17.1 Å². The van der Waals surface area contributed by atoms with Crippen LogP contribution in [0.25, 0.3) is 38.9 Å². The smallest absolute Gasteiger partial charge is 0.251 e. The SMILES string of the molecule is C=C1C=C(SCCCCCCNC(=O)c2ccc(-c3ccc(C(=O)NCCCCCCSc4cc5c(cc4C)nc4cc(C)c(N)cc4[n+]5-c4ccccc4)cc3)cc2)C(C)=CC1=Nc1cc(C)c(N)cc1Nc1ccccc1. The summed E-state index contributed by atoms with van der Waals surface area (Å²) in [5.41, 5.74) is 31.2. The van der Waals surface area contributed by atoms with Gasteiger partial charge < -0.3 is 27.4 Å². The number of aromatic nitrogens is 2. The largest absolute Gasteiger partial charge is 0.398 e. The maximum absolute atomic E-state index is 13.0. The molecule has 0 saturated carbocycles. The van der Waals surface area contributed by atoms with Crippen molar-refractivity contribution in [3.8, 4) is 16.8 Å². The predicted molar refractivity (Wildman–Crippen MR) is 335 cm³/mol. The number of aryl methyl sites for hydroxylation is 3. The average molecular weight is 1080 g/mol. The van der Waals surface area contributed by atoms with Crippen molar-refractivity contribution in [1.29, 1.82) is 0 Å². The molecule has 9 rings (SSSR count). The lowest BCUT2D eigenvalue weighted by Crippen LogP contribution is -2.33. The zero-order chi connectivity index (χ0) is 55.3. The molecule has 79 heavy (non-hydrogen) atoms. The standard InChI is InChI=1S/C67H70N8O2S2/c1-44-36-58(59(41-55(44)68)72-53-20-12-10-13-21-53)73-57-38-47(4)64(40-46(57)3)78-34-18-8-6-16-32-70-66(76)51-28-24-49(25-29-51)50-26-30-52(31-27-50)67(77)71-33-17-7-9-19-35-79-65-43-63-61(39-48(65)5)74-60-37-45(2)56(69)42-62(60)75(63)54-22-14-11-15-23-54/h10-15,20-31,36-43,69,72H,3,6-9,16-19,32-35,68H2,1-2,4-5H3,(H2,70,71,76,77)/p+1. The minimum atomic E-state index is -0.0696. The van der Waals surface area contributed by atoms with Gasteiger partial charge in [-0.2, -0.15) is 0 Å². The van der Waals surface area contributed by atoms with Crippen LogP contribution in [0.5, 0.6) is 0 Å². The molecule has 1 aliphatic rings. The minimum Gasteiger partial charge on any atom is -0.398 e. The summed E-state index contributed by atoms with van der Waals surface area (Å²) >= 11 is 3.75. The Kier molecular flexibility index (Phi) is 18.8. The fraction of sp³-hybridized carbons (Fsp3) is 0.239. The Morgan fingerprint density at radius 2 is 1.11 bits per heavy atom. The van der Waals surface area contributed by atoms with Crippen molar-refractivity contribution >= 4 is 91.6 Å². The molecule has 0 aliphatic heterocycles. The predicted octanol–water partition coefficient (Wildman–Crippen LogP) is 15.4. The number of hydrogen-bond donors (Lipinski definition) is 5. The number of anilines is 4. The average Bonchev–Trinajstić information content (AvgIpc) is 3.46. The van der Waals surface area contributed by atoms with Crippen LogP contribution >= 0.6 is 23.5 Å². The first-order valence-corrected chi connectivity index (χ1v) is 29.4. The van der Waals surface area contributed by atoms with E-state index in [0.717, 1.165) is 147 Å². The maximum Gasteiger partial charge on any atom is 0.251 e. The number of rotatable bonds is 23. The Bertz CT molecular complexity index is 3590. The Morgan fingerprint density at radius 3 is 1.73 bits per heavy atom. The number of para-hydroxylation sites is 2. The molecule has 0 unspecified atom stereocenters. The molecule has 10 nitrogen and oxygen atoms in total. The number of benzene rings is 7. The molecule has 12 heteroatoms. The molecule has 8 aromatic rings. The van der Waals surface area contributed by atoms with Gasteiger partial charge >= 0.3 is 0 Å². The third-order valence-electron chi connectivity index (χ3n) is 14.3. The third-order valence-corrected chi connectivity index (χ3v) is 16.8. The molecule has 0 saturated heterocycles. The van der Waals surface area contributed by atoms with Gasteiger partial charge in [-0.15, -0.1) is 28.1 Å². The Morgan fingerprint density at radius 1 is 0.582 bits per heavy atom. The van der Waals surface area contributed by atoms with Crippen LogP contribution in [0.2, 0.25) is 0 Å². The number of nitrogens with zero attached hydrogens (tertiary/aromatic N) is 3. The van der Waals surface area contributed by atoms with Crippen molar-refractivity contribution in [1.82, 2.24) is 15.6 Å². The number of hydrogen-bond acceptors (Lipinski definition) is 9. The monoisotopic (exact) mass is 1080 g/mol. The Hall–Kier alpha value is -7.93. The molecule has 0 spiro atoms. The first-order chi connectivity index (χ1) is 38.4. The molecule has 1 aromatic heterocycles. The van der Waals surface area contributed by atoms with E-state index in [0.29, 0.717) is 29.9 Å². The molecule has 0 atom stereocenters. The summed E-state index contributed by atoms with van der Waals surface area (Å²) in [6, 6.07) is 48.3. The number of carbonyl (C=O) groups excluding carboxylic acids is 2. The fourth-order valence-electron chi connectivity index (χ4n) is 9.61. The van der Waals surface area contributed by atoms with E-state index in [2.05, 4.69) is 95.6 Å². The molecule has 7 aromatic carbocycles. The summed E-state index contributed by atoms with van der Waals surface area (Å²) in [5.74, 6) is 1.89. The van der Waals surface area contributed by atoms with Crippen LogP contribution < -0.4 is 32.0 Å². The summed E-state index contributed by atoms with van der Waals surface area (Å²) in [4.78, 5) is 38.6. The van der Waals surface area contributed by atoms with E-state index in [1.54, 1.807) is 0 Å². The molecule has 0 radical (unpaired) electrons. The van der Waals surface area contributed by atoms with Gasteiger partial charge in [-0.25, -0.2) is 9.98 Å². The molecular formula is C67H71N8O2S2+. The second-order valence-corrected chi connectivity index (χ2v) is 22.6. The molecule has 0 fully saturated rings. The summed E-state index contributed by atoms with van der Waals surface area (Å²) < 4.78 is 2.28. The number of nitrogen functional groups attached to an aromatic ring is 2. The molecule has 7 N–H and O–H groups in total. The maximum atomic E-state index is 13.0. The van der Waals surface area contributed by atoms with Crippen molar-refractivity contribution in [2.75, 3.05) is 41.4 Å². The lowest BCUT2D eigenvalue weighted by molar-refractivity contribution is -0.538. The van der Waals surface area contributed by atoms with Crippen LogP contribution in [0, 0.1) is 20.8 Å². The minimum absolute atomic E-state index is 0.0672. The van der Waals surface area contributed by atoms with Crippen molar-refractivity contribution in [3.05, 3.63) is 208 Å². The van der Waals surface area contributed by atoms with Gasteiger partial charge in [0.2, 0.25) is 16.7 Å². The van der Waals surface area contributed by atoms with E-state index < -0.39 is 0 Å². The summed E-state index contributed by atoms with van der Waals surface area (Å²) in [5, 5.41) is 9.66. The fourth-order valence-corrected chi connectivity index (χ4v) is 11.7. The van der Waals surface area contributed by atoms with Crippen molar-refractivity contribution < 1.29 is 14.2 Å². The molecule has 2 amide bonds. The van der Waals surface area contributed by atoms with Gasteiger partial charge in [-0.3, -0.25) is 9.59 Å². The highest BCUT2D eigenvalue weighted by Gasteiger charge is 2.22. The molecular weight excluding hydrogens is 1010 g/mol. The van der Waals surface area contributed by atoms with Crippen LogP contribution in [-0.2, 0) is 0 Å². The lowest BCUT2D eigenvalue weighted by Gasteiger charge is -2.17. The van der Waals surface area contributed by atoms with E-state index in [9.17, 15) is 9.59 Å². The number of allylic oxidation sites excluding steroid dienone is 4. The van der Waals surface area contributed by atoms with E-state index in [1.807, 2.05) is 140 Å². The van der Waals surface area contributed by atoms with Crippen molar-refractivity contribution in [2.45, 2.75) is 84.0 Å².